The van der Waals surface area contributed by atoms with Crippen LogP contribution in [0.15, 0.2) is 34.8 Å². The number of hydrogen-bond donors (Lipinski definition) is 1. The summed E-state index contributed by atoms with van der Waals surface area (Å²) in [6.45, 7) is 1.87. The van der Waals surface area contributed by atoms with Crippen LogP contribution in [0.5, 0.6) is 0 Å². The molecule has 0 bridgehead atoms. The number of benzene rings is 1. The van der Waals surface area contributed by atoms with Gasteiger partial charge in [-0.3, -0.25) is 0 Å². The first-order valence-electron chi connectivity index (χ1n) is 5.19. The molecule has 0 saturated carbocycles. The highest BCUT2D eigenvalue weighted by atomic mass is 127. The van der Waals surface area contributed by atoms with Crippen molar-refractivity contribution in [3.05, 3.63) is 49.6 Å². The molecule has 0 spiro atoms. The number of aryl methyl sites for hydroxylation is 1. The average molecular weight is 414 g/mol. The second-order valence-electron chi connectivity index (χ2n) is 3.74. The van der Waals surface area contributed by atoms with Gasteiger partial charge in [0.15, 0.2) is 0 Å². The Morgan fingerprint density at radius 3 is 2.83 bits per heavy atom. The van der Waals surface area contributed by atoms with Gasteiger partial charge in [0.25, 0.3) is 0 Å². The van der Waals surface area contributed by atoms with Gasteiger partial charge in [0.2, 0.25) is 0 Å². The molecule has 0 atom stereocenters. The fourth-order valence-corrected chi connectivity index (χ4v) is 2.36. The van der Waals surface area contributed by atoms with Gasteiger partial charge < -0.3 is 5.32 Å². The molecule has 5 heteroatoms. The summed E-state index contributed by atoms with van der Waals surface area (Å²) in [7, 11) is 0. The van der Waals surface area contributed by atoms with E-state index in [2.05, 4.69) is 54.9 Å². The van der Waals surface area contributed by atoms with Crippen molar-refractivity contribution in [1.82, 2.24) is 4.98 Å². The summed E-state index contributed by atoms with van der Waals surface area (Å²) < 4.78 is 2.09. The molecule has 1 aromatic heterocycles. The van der Waals surface area contributed by atoms with Crippen molar-refractivity contribution in [2.45, 2.75) is 6.92 Å². The summed E-state index contributed by atoms with van der Waals surface area (Å²) in [4.78, 5) is 4.37. The van der Waals surface area contributed by atoms with Crippen molar-refractivity contribution in [1.29, 1.82) is 5.26 Å². The van der Waals surface area contributed by atoms with E-state index in [0.717, 1.165) is 19.4 Å². The summed E-state index contributed by atoms with van der Waals surface area (Å²) in [6.07, 6.45) is 0. The van der Waals surface area contributed by atoms with Gasteiger partial charge in [-0.25, -0.2) is 4.98 Å². The van der Waals surface area contributed by atoms with E-state index in [1.807, 2.05) is 25.1 Å². The molecule has 0 aliphatic carbocycles. The molecule has 0 fully saturated rings. The van der Waals surface area contributed by atoms with Crippen LogP contribution in [0, 0.1) is 21.8 Å². The Labute approximate surface area is 128 Å². The maximum Gasteiger partial charge on any atom is 0.131 e. The van der Waals surface area contributed by atoms with Gasteiger partial charge in [-0.15, -0.1) is 0 Å². The van der Waals surface area contributed by atoms with E-state index in [4.69, 9.17) is 5.26 Å². The third-order valence-corrected chi connectivity index (χ3v) is 3.71. The molecule has 0 saturated heterocycles. The fraction of sp³-hybridized carbons (Fsp3) is 0.0769. The molecule has 18 heavy (non-hydrogen) atoms. The first kappa shape index (κ1) is 13.3. The average Bonchev–Trinajstić information content (AvgIpc) is 2.33. The first-order chi connectivity index (χ1) is 8.58. The van der Waals surface area contributed by atoms with Crippen LogP contribution in [-0.4, -0.2) is 4.98 Å². The Kier molecular flexibility index (Phi) is 4.19. The molecule has 0 unspecified atom stereocenters. The molecule has 1 aromatic carbocycles. The second kappa shape index (κ2) is 5.67. The Hall–Kier alpha value is -1.13. The Balaban J connectivity index is 2.37. The normalized spacial score (nSPS) is 9.89. The number of aromatic nitrogens is 1. The van der Waals surface area contributed by atoms with Crippen LogP contribution in [0.3, 0.4) is 0 Å². The quantitative estimate of drug-likeness (QED) is 0.743. The Morgan fingerprint density at radius 1 is 1.33 bits per heavy atom. The highest BCUT2D eigenvalue weighted by molar-refractivity contribution is 14.1. The molecule has 3 nitrogen and oxygen atoms in total. The summed E-state index contributed by atoms with van der Waals surface area (Å²) in [5.41, 5.74) is 2.39. The molecule has 1 N–H and O–H groups in total. The molecular weight excluding hydrogens is 405 g/mol. The van der Waals surface area contributed by atoms with Crippen LogP contribution < -0.4 is 5.32 Å². The molecule has 2 aromatic rings. The summed E-state index contributed by atoms with van der Waals surface area (Å²) in [5.74, 6) is 0.683. The predicted octanol–water partition coefficient (Wildman–Crippen LogP) is 4.37. The van der Waals surface area contributed by atoms with Crippen LogP contribution in [0.4, 0.5) is 11.5 Å². The van der Waals surface area contributed by atoms with Crippen LogP contribution in [0.1, 0.15) is 11.3 Å². The zero-order chi connectivity index (χ0) is 13.1. The number of pyridine rings is 1. The third-order valence-electron chi connectivity index (χ3n) is 2.27. The lowest BCUT2D eigenvalue weighted by atomic mass is 10.2. The van der Waals surface area contributed by atoms with E-state index < -0.39 is 0 Å². The SMILES string of the molecule is Cc1cc(C#N)cc(Nc2cc(Br)ccc2I)n1. The van der Waals surface area contributed by atoms with E-state index in [0.29, 0.717) is 11.4 Å². The van der Waals surface area contributed by atoms with E-state index in [-0.39, 0.29) is 0 Å². The number of anilines is 2. The lowest BCUT2D eigenvalue weighted by Crippen LogP contribution is -1.98. The van der Waals surface area contributed by atoms with Crippen molar-refractivity contribution < 1.29 is 0 Å². The maximum atomic E-state index is 8.94. The highest BCUT2D eigenvalue weighted by Gasteiger charge is 2.04. The van der Waals surface area contributed by atoms with Crippen LogP contribution in [0.2, 0.25) is 0 Å². The Morgan fingerprint density at radius 2 is 2.11 bits per heavy atom. The standard InChI is InChI=1S/C13H9BrIN3/c1-8-4-9(7-16)5-13(17-8)18-12-6-10(14)2-3-11(12)15/h2-6H,1H3,(H,17,18). The van der Waals surface area contributed by atoms with Gasteiger partial charge in [-0.05, 0) is 59.8 Å². The minimum atomic E-state index is 0.606. The number of nitriles is 1. The molecule has 0 amide bonds. The van der Waals surface area contributed by atoms with Gasteiger partial charge in [-0.2, -0.15) is 5.26 Å². The van der Waals surface area contributed by atoms with E-state index in [9.17, 15) is 0 Å². The van der Waals surface area contributed by atoms with Gasteiger partial charge in [0, 0.05) is 13.7 Å². The molecule has 2 rings (SSSR count). The molecule has 90 valence electrons. The minimum Gasteiger partial charge on any atom is -0.339 e. The Bertz CT molecular complexity index is 635. The maximum absolute atomic E-state index is 8.94. The number of halogens is 2. The molecule has 1 heterocycles. The van der Waals surface area contributed by atoms with Gasteiger partial charge in [-0.1, -0.05) is 15.9 Å². The fourth-order valence-electron chi connectivity index (χ4n) is 1.53. The minimum absolute atomic E-state index is 0.606. The van der Waals surface area contributed by atoms with E-state index >= 15 is 0 Å². The van der Waals surface area contributed by atoms with Gasteiger partial charge >= 0.3 is 0 Å². The lowest BCUT2D eigenvalue weighted by Gasteiger charge is -2.09. The zero-order valence-corrected chi connectivity index (χ0v) is 13.3. The van der Waals surface area contributed by atoms with Gasteiger partial charge in [0.1, 0.15) is 5.82 Å². The summed E-state index contributed by atoms with van der Waals surface area (Å²) in [6, 6.07) is 11.6. The molecule has 0 aliphatic heterocycles. The van der Waals surface area contributed by atoms with E-state index in [1.54, 1.807) is 12.1 Å². The monoisotopic (exact) mass is 413 g/mol. The number of hydrogen-bond acceptors (Lipinski definition) is 3. The van der Waals surface area contributed by atoms with Crippen molar-refractivity contribution in [2.75, 3.05) is 5.32 Å². The number of nitrogens with zero attached hydrogens (tertiary/aromatic N) is 2. The largest absolute Gasteiger partial charge is 0.339 e. The predicted molar refractivity (Wildman–Crippen MR) is 83.8 cm³/mol. The molecule has 0 radical (unpaired) electrons. The lowest BCUT2D eigenvalue weighted by molar-refractivity contribution is 1.19. The second-order valence-corrected chi connectivity index (χ2v) is 5.82. The summed E-state index contributed by atoms with van der Waals surface area (Å²) in [5, 5.41) is 12.2. The van der Waals surface area contributed by atoms with Gasteiger partial charge in [0.05, 0.1) is 17.3 Å². The van der Waals surface area contributed by atoms with Crippen molar-refractivity contribution in [3.63, 3.8) is 0 Å². The van der Waals surface area contributed by atoms with Crippen molar-refractivity contribution in [3.8, 4) is 6.07 Å². The van der Waals surface area contributed by atoms with Crippen molar-refractivity contribution >= 4 is 50.0 Å². The van der Waals surface area contributed by atoms with Crippen LogP contribution in [0.25, 0.3) is 0 Å². The molecular formula is C13H9BrIN3. The summed E-state index contributed by atoms with van der Waals surface area (Å²) >= 11 is 5.69. The molecule has 0 aliphatic rings. The third kappa shape index (κ3) is 3.21. The van der Waals surface area contributed by atoms with Crippen LogP contribution >= 0.6 is 38.5 Å². The topological polar surface area (TPSA) is 48.7 Å². The zero-order valence-electron chi connectivity index (χ0n) is 9.54. The number of rotatable bonds is 2. The van der Waals surface area contributed by atoms with E-state index in [1.165, 1.54) is 0 Å². The van der Waals surface area contributed by atoms with Crippen molar-refractivity contribution in [2.24, 2.45) is 0 Å². The smallest absolute Gasteiger partial charge is 0.131 e. The first-order valence-corrected chi connectivity index (χ1v) is 7.06. The highest BCUT2D eigenvalue weighted by Crippen LogP contribution is 2.25. The van der Waals surface area contributed by atoms with Crippen LogP contribution in [-0.2, 0) is 0 Å². The number of nitrogens with one attached hydrogen (secondary N) is 1.